The monoisotopic (exact) mass is 275 g/mol. The Morgan fingerprint density at radius 1 is 1.30 bits per heavy atom. The van der Waals surface area contributed by atoms with E-state index < -0.39 is 0 Å². The number of nitrogens with one attached hydrogen (secondary N) is 1. The molecule has 1 fully saturated rings. The molecule has 2 aliphatic heterocycles. The first kappa shape index (κ1) is 13.7. The standard InChI is InChI=1S/C16H25N3O/c1-3-13-11-19(9-8-18(13)2)12-14-10-17-15-6-4-5-7-16(15)20-14/h4-7,13-14,17H,3,8-12H2,1-2H3. The van der Waals surface area contributed by atoms with Gasteiger partial charge in [0, 0.05) is 32.2 Å². The molecule has 2 atom stereocenters. The SMILES string of the molecule is CCC1CN(CC2CNc3ccccc3O2)CCN1C. The molecule has 0 aromatic heterocycles. The minimum Gasteiger partial charge on any atom is -0.485 e. The molecule has 4 nitrogen and oxygen atoms in total. The fraction of sp³-hybridized carbons (Fsp3) is 0.625. The normalized spacial score (nSPS) is 27.5. The largest absolute Gasteiger partial charge is 0.485 e. The van der Waals surface area contributed by atoms with Crippen molar-refractivity contribution in [3.8, 4) is 5.75 Å². The first-order chi connectivity index (χ1) is 9.76. The first-order valence-electron chi connectivity index (χ1n) is 7.68. The first-order valence-corrected chi connectivity index (χ1v) is 7.68. The van der Waals surface area contributed by atoms with Gasteiger partial charge in [0.25, 0.3) is 0 Å². The molecule has 3 rings (SSSR count). The summed E-state index contributed by atoms with van der Waals surface area (Å²) in [6.07, 6.45) is 1.48. The molecule has 2 unspecified atom stereocenters. The van der Waals surface area contributed by atoms with Crippen LogP contribution in [0, 0.1) is 0 Å². The fourth-order valence-corrected chi connectivity index (χ4v) is 3.17. The van der Waals surface area contributed by atoms with Gasteiger partial charge in [0.1, 0.15) is 11.9 Å². The van der Waals surface area contributed by atoms with E-state index in [0.29, 0.717) is 6.04 Å². The predicted molar refractivity (Wildman–Crippen MR) is 82.5 cm³/mol. The topological polar surface area (TPSA) is 27.7 Å². The maximum Gasteiger partial charge on any atom is 0.142 e. The molecule has 1 N–H and O–H groups in total. The Balaban J connectivity index is 1.57. The number of likely N-dealkylation sites (N-methyl/N-ethyl adjacent to an activating group) is 1. The van der Waals surface area contributed by atoms with Crippen LogP contribution in [0.2, 0.25) is 0 Å². The molecule has 0 aliphatic carbocycles. The van der Waals surface area contributed by atoms with E-state index in [1.54, 1.807) is 0 Å². The second-order valence-corrected chi connectivity index (χ2v) is 5.92. The molecular formula is C16H25N3O. The van der Waals surface area contributed by atoms with Gasteiger partial charge in [-0.2, -0.15) is 0 Å². The second-order valence-electron chi connectivity index (χ2n) is 5.92. The summed E-state index contributed by atoms with van der Waals surface area (Å²) in [4.78, 5) is 5.03. The molecule has 1 aromatic rings. The number of para-hydroxylation sites is 2. The van der Waals surface area contributed by atoms with Crippen LogP contribution in [0.4, 0.5) is 5.69 Å². The molecule has 0 saturated carbocycles. The molecule has 4 heteroatoms. The van der Waals surface area contributed by atoms with Gasteiger partial charge < -0.3 is 15.0 Å². The van der Waals surface area contributed by atoms with Crippen LogP contribution in [0.1, 0.15) is 13.3 Å². The Bertz CT molecular complexity index is 451. The number of hydrogen-bond acceptors (Lipinski definition) is 4. The lowest BCUT2D eigenvalue weighted by Gasteiger charge is -2.41. The lowest BCUT2D eigenvalue weighted by atomic mass is 10.1. The highest BCUT2D eigenvalue weighted by atomic mass is 16.5. The number of piperazine rings is 1. The van der Waals surface area contributed by atoms with Gasteiger partial charge in [0.15, 0.2) is 0 Å². The summed E-state index contributed by atoms with van der Waals surface area (Å²) in [5.74, 6) is 0.991. The zero-order chi connectivity index (χ0) is 13.9. The van der Waals surface area contributed by atoms with Crippen LogP contribution in [0.15, 0.2) is 24.3 Å². The number of anilines is 1. The number of nitrogens with zero attached hydrogens (tertiary/aromatic N) is 2. The van der Waals surface area contributed by atoms with Crippen molar-refractivity contribution in [2.75, 3.05) is 45.1 Å². The van der Waals surface area contributed by atoms with Crippen LogP contribution < -0.4 is 10.1 Å². The Labute approximate surface area is 121 Å². The van der Waals surface area contributed by atoms with Crippen molar-refractivity contribution in [1.82, 2.24) is 9.80 Å². The van der Waals surface area contributed by atoms with Crippen molar-refractivity contribution < 1.29 is 4.74 Å². The lowest BCUT2D eigenvalue weighted by Crippen LogP contribution is -2.54. The van der Waals surface area contributed by atoms with Crippen LogP contribution in [0.25, 0.3) is 0 Å². The third-order valence-corrected chi connectivity index (χ3v) is 4.50. The maximum absolute atomic E-state index is 6.11. The summed E-state index contributed by atoms with van der Waals surface area (Å²) in [5, 5.41) is 3.47. The van der Waals surface area contributed by atoms with E-state index in [2.05, 4.69) is 35.2 Å². The molecule has 0 bridgehead atoms. The minimum atomic E-state index is 0.255. The van der Waals surface area contributed by atoms with Gasteiger partial charge in [-0.25, -0.2) is 0 Å². The molecule has 0 amide bonds. The van der Waals surface area contributed by atoms with Gasteiger partial charge in [-0.05, 0) is 25.6 Å². The van der Waals surface area contributed by atoms with Crippen molar-refractivity contribution >= 4 is 5.69 Å². The van der Waals surface area contributed by atoms with Crippen molar-refractivity contribution in [3.05, 3.63) is 24.3 Å². The van der Waals surface area contributed by atoms with Crippen LogP contribution in [0.3, 0.4) is 0 Å². The molecule has 0 radical (unpaired) electrons. The summed E-state index contributed by atoms with van der Waals surface area (Å²) in [7, 11) is 2.24. The average Bonchev–Trinajstić information content (AvgIpc) is 2.49. The summed E-state index contributed by atoms with van der Waals surface area (Å²) >= 11 is 0. The van der Waals surface area contributed by atoms with Crippen molar-refractivity contribution in [1.29, 1.82) is 0 Å². The third kappa shape index (κ3) is 2.91. The number of fused-ring (bicyclic) bond motifs is 1. The highest BCUT2D eigenvalue weighted by molar-refractivity contribution is 5.57. The maximum atomic E-state index is 6.11. The van der Waals surface area contributed by atoms with E-state index in [1.165, 1.54) is 6.42 Å². The fourth-order valence-electron chi connectivity index (χ4n) is 3.17. The van der Waals surface area contributed by atoms with Crippen LogP contribution in [0.5, 0.6) is 5.75 Å². The Hall–Kier alpha value is -1.26. The molecular weight excluding hydrogens is 250 g/mol. The highest BCUT2D eigenvalue weighted by Crippen LogP contribution is 2.28. The molecule has 20 heavy (non-hydrogen) atoms. The Morgan fingerprint density at radius 2 is 2.15 bits per heavy atom. The zero-order valence-corrected chi connectivity index (χ0v) is 12.5. The molecule has 1 saturated heterocycles. The number of hydrogen-bond donors (Lipinski definition) is 1. The summed E-state index contributed by atoms with van der Waals surface area (Å²) in [5.41, 5.74) is 1.12. The highest BCUT2D eigenvalue weighted by Gasteiger charge is 2.27. The molecule has 2 aliphatic rings. The van der Waals surface area contributed by atoms with E-state index in [-0.39, 0.29) is 6.10 Å². The Morgan fingerprint density at radius 3 is 3.00 bits per heavy atom. The summed E-state index contributed by atoms with van der Waals surface area (Å²) in [6.45, 7) is 7.67. The molecule has 2 heterocycles. The Kier molecular flexibility index (Phi) is 4.13. The number of benzene rings is 1. The third-order valence-electron chi connectivity index (χ3n) is 4.50. The number of ether oxygens (including phenoxy) is 1. The molecule has 0 spiro atoms. The van der Waals surface area contributed by atoms with Gasteiger partial charge >= 0.3 is 0 Å². The lowest BCUT2D eigenvalue weighted by molar-refractivity contribution is 0.0605. The van der Waals surface area contributed by atoms with Crippen LogP contribution in [-0.4, -0.2) is 61.7 Å². The van der Waals surface area contributed by atoms with E-state index in [9.17, 15) is 0 Å². The minimum absolute atomic E-state index is 0.255. The summed E-state index contributed by atoms with van der Waals surface area (Å²) < 4.78 is 6.11. The van der Waals surface area contributed by atoms with E-state index in [0.717, 1.165) is 44.2 Å². The van der Waals surface area contributed by atoms with Gasteiger partial charge in [-0.15, -0.1) is 0 Å². The zero-order valence-electron chi connectivity index (χ0n) is 12.5. The average molecular weight is 275 g/mol. The summed E-state index contributed by atoms with van der Waals surface area (Å²) in [6, 6.07) is 8.89. The van der Waals surface area contributed by atoms with Crippen molar-refractivity contribution in [2.45, 2.75) is 25.5 Å². The van der Waals surface area contributed by atoms with Gasteiger partial charge in [0.2, 0.25) is 0 Å². The predicted octanol–water partition coefficient (Wildman–Crippen LogP) is 1.89. The molecule has 110 valence electrons. The second kappa shape index (κ2) is 6.02. The van der Waals surface area contributed by atoms with Crippen molar-refractivity contribution in [2.24, 2.45) is 0 Å². The quantitative estimate of drug-likeness (QED) is 0.911. The van der Waals surface area contributed by atoms with Gasteiger partial charge in [0.05, 0.1) is 12.2 Å². The van der Waals surface area contributed by atoms with Crippen molar-refractivity contribution in [3.63, 3.8) is 0 Å². The molecule has 1 aromatic carbocycles. The van der Waals surface area contributed by atoms with E-state index in [4.69, 9.17) is 4.74 Å². The van der Waals surface area contributed by atoms with Gasteiger partial charge in [-0.1, -0.05) is 19.1 Å². The number of rotatable bonds is 3. The van der Waals surface area contributed by atoms with Crippen LogP contribution >= 0.6 is 0 Å². The smallest absolute Gasteiger partial charge is 0.142 e. The van der Waals surface area contributed by atoms with E-state index >= 15 is 0 Å². The van der Waals surface area contributed by atoms with Gasteiger partial charge in [-0.3, -0.25) is 4.90 Å². The van der Waals surface area contributed by atoms with E-state index in [1.807, 2.05) is 18.2 Å². The van der Waals surface area contributed by atoms with Crippen LogP contribution in [-0.2, 0) is 0 Å².